The molecule has 0 aliphatic heterocycles. The molecule has 0 aliphatic carbocycles. The highest BCUT2D eigenvalue weighted by atomic mass is 16.5. The molecule has 32 heavy (non-hydrogen) atoms. The van der Waals surface area contributed by atoms with Crippen molar-refractivity contribution in [3.63, 3.8) is 0 Å². The van der Waals surface area contributed by atoms with E-state index in [-0.39, 0.29) is 0 Å². The summed E-state index contributed by atoms with van der Waals surface area (Å²) in [6, 6.07) is 26.2. The molecule has 160 valence electrons. The van der Waals surface area contributed by atoms with E-state index in [1.165, 1.54) is 5.56 Å². The van der Waals surface area contributed by atoms with Gasteiger partial charge < -0.3 is 15.0 Å². The number of nitrogens with two attached hydrogens (primary N) is 1. The Bertz CT molecular complexity index is 1360. The van der Waals surface area contributed by atoms with Crippen LogP contribution in [0, 0.1) is 0 Å². The van der Waals surface area contributed by atoms with Crippen LogP contribution in [0.1, 0.15) is 31.2 Å². The predicted molar refractivity (Wildman–Crippen MR) is 130 cm³/mol. The van der Waals surface area contributed by atoms with Crippen LogP contribution in [0.25, 0.3) is 21.9 Å². The second kappa shape index (κ2) is 8.71. The molecule has 0 unspecified atom stereocenters. The average molecular weight is 423 g/mol. The quantitative estimate of drug-likeness (QED) is 0.332. The van der Waals surface area contributed by atoms with Crippen molar-refractivity contribution in [2.75, 3.05) is 5.73 Å². The summed E-state index contributed by atoms with van der Waals surface area (Å²) in [4.78, 5) is 9.50. The third-order valence-electron chi connectivity index (χ3n) is 5.69. The standard InChI is InChI=1S/C27H26N4O/c1-2-3-13-24-30-25-26(22-11-7-8-12-23(22)29-27(25)28)31(24)18-19-14-16-21(17-15-19)32-20-9-5-4-6-10-20/h4-12,14-17H,2-3,13,18H2,1H3,(H2,28,29). The van der Waals surface area contributed by atoms with Gasteiger partial charge in [-0.2, -0.15) is 0 Å². The molecule has 0 saturated heterocycles. The second-order valence-corrected chi connectivity index (χ2v) is 7.99. The van der Waals surface area contributed by atoms with Gasteiger partial charge in [0.05, 0.1) is 11.0 Å². The Balaban J connectivity index is 1.54. The monoisotopic (exact) mass is 422 g/mol. The molecule has 2 aromatic heterocycles. The molecule has 0 aliphatic rings. The minimum Gasteiger partial charge on any atom is -0.457 e. The number of imidazole rings is 1. The molecule has 2 heterocycles. The summed E-state index contributed by atoms with van der Waals surface area (Å²) < 4.78 is 8.25. The lowest BCUT2D eigenvalue weighted by atomic mass is 10.1. The van der Waals surface area contributed by atoms with Crippen LogP contribution < -0.4 is 10.5 Å². The van der Waals surface area contributed by atoms with E-state index in [2.05, 4.69) is 34.7 Å². The molecule has 0 spiro atoms. The summed E-state index contributed by atoms with van der Waals surface area (Å²) in [5, 5.41) is 1.08. The maximum atomic E-state index is 6.32. The molecule has 3 aromatic carbocycles. The van der Waals surface area contributed by atoms with Gasteiger partial charge in [-0.25, -0.2) is 9.97 Å². The third kappa shape index (κ3) is 3.89. The number of hydrogen-bond acceptors (Lipinski definition) is 4. The molecule has 5 nitrogen and oxygen atoms in total. The summed E-state index contributed by atoms with van der Waals surface area (Å²) in [7, 11) is 0. The van der Waals surface area contributed by atoms with Crippen LogP contribution in [0.5, 0.6) is 11.5 Å². The number of nitrogen functional groups attached to an aromatic ring is 1. The Morgan fingerprint density at radius 2 is 1.56 bits per heavy atom. The Kier molecular flexibility index (Phi) is 5.46. The lowest BCUT2D eigenvalue weighted by Gasteiger charge is -2.12. The molecule has 0 radical (unpaired) electrons. The van der Waals surface area contributed by atoms with Gasteiger partial charge in [-0.15, -0.1) is 0 Å². The van der Waals surface area contributed by atoms with E-state index >= 15 is 0 Å². The van der Waals surface area contributed by atoms with Gasteiger partial charge in [-0.05, 0) is 42.3 Å². The zero-order chi connectivity index (χ0) is 21.9. The van der Waals surface area contributed by atoms with Crippen molar-refractivity contribution >= 4 is 27.8 Å². The topological polar surface area (TPSA) is 66.0 Å². The van der Waals surface area contributed by atoms with Crippen LogP contribution in [-0.2, 0) is 13.0 Å². The van der Waals surface area contributed by atoms with Gasteiger partial charge in [-0.3, -0.25) is 0 Å². The van der Waals surface area contributed by atoms with Crippen molar-refractivity contribution in [2.24, 2.45) is 0 Å². The first-order chi connectivity index (χ1) is 15.7. The fraction of sp³-hybridized carbons (Fsp3) is 0.185. The zero-order valence-electron chi connectivity index (χ0n) is 18.2. The Morgan fingerprint density at radius 3 is 2.34 bits per heavy atom. The smallest absolute Gasteiger partial charge is 0.152 e. The fourth-order valence-electron chi connectivity index (χ4n) is 4.07. The number of hydrogen-bond donors (Lipinski definition) is 1. The molecule has 0 saturated carbocycles. The minimum absolute atomic E-state index is 0.488. The molecule has 0 atom stereocenters. The second-order valence-electron chi connectivity index (χ2n) is 7.99. The van der Waals surface area contributed by atoms with Gasteiger partial charge in [0.15, 0.2) is 5.82 Å². The molecular formula is C27H26N4O. The summed E-state index contributed by atoms with van der Waals surface area (Å²) in [6.07, 6.45) is 3.11. The number of unbranched alkanes of at least 4 members (excludes halogenated alkanes) is 1. The van der Waals surface area contributed by atoms with Crippen molar-refractivity contribution in [1.29, 1.82) is 0 Å². The van der Waals surface area contributed by atoms with E-state index in [4.69, 9.17) is 15.5 Å². The highest BCUT2D eigenvalue weighted by molar-refractivity contribution is 6.06. The van der Waals surface area contributed by atoms with Crippen LogP contribution in [0.4, 0.5) is 5.82 Å². The fourth-order valence-corrected chi connectivity index (χ4v) is 4.07. The van der Waals surface area contributed by atoms with Crippen LogP contribution in [0.2, 0.25) is 0 Å². The predicted octanol–water partition coefficient (Wildman–Crippen LogP) is 6.35. The summed E-state index contributed by atoms with van der Waals surface area (Å²) in [6.45, 7) is 2.92. The minimum atomic E-state index is 0.488. The molecule has 2 N–H and O–H groups in total. The number of aryl methyl sites for hydroxylation is 1. The van der Waals surface area contributed by atoms with Gasteiger partial charge >= 0.3 is 0 Å². The van der Waals surface area contributed by atoms with E-state index in [1.807, 2.05) is 60.7 Å². The highest BCUT2D eigenvalue weighted by Crippen LogP contribution is 2.30. The lowest BCUT2D eigenvalue weighted by Crippen LogP contribution is -2.06. The Labute approximate surface area is 187 Å². The van der Waals surface area contributed by atoms with Crippen LogP contribution in [-0.4, -0.2) is 14.5 Å². The zero-order valence-corrected chi connectivity index (χ0v) is 18.2. The molecule has 0 bridgehead atoms. The first kappa shape index (κ1) is 20.1. The Hall–Kier alpha value is -3.86. The van der Waals surface area contributed by atoms with Crippen molar-refractivity contribution in [2.45, 2.75) is 32.7 Å². The lowest BCUT2D eigenvalue weighted by molar-refractivity contribution is 0.482. The number of benzene rings is 3. The highest BCUT2D eigenvalue weighted by Gasteiger charge is 2.17. The number of para-hydroxylation sites is 2. The normalized spacial score (nSPS) is 11.3. The summed E-state index contributed by atoms with van der Waals surface area (Å²) >= 11 is 0. The molecule has 0 amide bonds. The third-order valence-corrected chi connectivity index (χ3v) is 5.69. The summed E-state index contributed by atoms with van der Waals surface area (Å²) in [5.74, 6) is 3.19. The van der Waals surface area contributed by atoms with E-state index in [1.54, 1.807) is 0 Å². The number of aromatic nitrogens is 3. The van der Waals surface area contributed by atoms with E-state index in [0.717, 1.165) is 58.5 Å². The molecule has 5 aromatic rings. The van der Waals surface area contributed by atoms with Crippen LogP contribution in [0.15, 0.2) is 78.9 Å². The number of pyridine rings is 1. The van der Waals surface area contributed by atoms with E-state index in [0.29, 0.717) is 12.4 Å². The first-order valence-electron chi connectivity index (χ1n) is 11.1. The number of rotatable bonds is 7. The van der Waals surface area contributed by atoms with Crippen LogP contribution >= 0.6 is 0 Å². The van der Waals surface area contributed by atoms with Crippen molar-refractivity contribution < 1.29 is 4.74 Å². The number of ether oxygens (including phenoxy) is 1. The SMILES string of the molecule is CCCCc1nc2c(N)nc3ccccc3c2n1Cc1ccc(Oc2ccccc2)cc1. The van der Waals surface area contributed by atoms with Crippen LogP contribution in [0.3, 0.4) is 0 Å². The van der Waals surface area contributed by atoms with Gasteiger partial charge in [0.2, 0.25) is 0 Å². The van der Waals surface area contributed by atoms with E-state index in [9.17, 15) is 0 Å². The first-order valence-corrected chi connectivity index (χ1v) is 11.1. The maximum absolute atomic E-state index is 6.32. The van der Waals surface area contributed by atoms with Gasteiger partial charge in [-0.1, -0.05) is 61.9 Å². The average Bonchev–Trinajstić information content (AvgIpc) is 3.19. The van der Waals surface area contributed by atoms with Crippen molar-refractivity contribution in [1.82, 2.24) is 14.5 Å². The van der Waals surface area contributed by atoms with Gasteiger partial charge in [0, 0.05) is 18.4 Å². The molecular weight excluding hydrogens is 396 g/mol. The number of fused-ring (bicyclic) bond motifs is 3. The largest absolute Gasteiger partial charge is 0.457 e. The van der Waals surface area contributed by atoms with E-state index < -0.39 is 0 Å². The van der Waals surface area contributed by atoms with Gasteiger partial charge in [0.25, 0.3) is 0 Å². The maximum Gasteiger partial charge on any atom is 0.152 e. The molecule has 0 fully saturated rings. The number of nitrogens with zero attached hydrogens (tertiary/aromatic N) is 3. The van der Waals surface area contributed by atoms with Crippen molar-refractivity contribution in [3.05, 3.63) is 90.3 Å². The molecule has 5 rings (SSSR count). The number of anilines is 1. The summed E-state index contributed by atoms with van der Waals surface area (Å²) in [5.41, 5.74) is 10.2. The van der Waals surface area contributed by atoms with Gasteiger partial charge in [0.1, 0.15) is 22.8 Å². The van der Waals surface area contributed by atoms with Crippen molar-refractivity contribution in [3.8, 4) is 11.5 Å². The molecule has 5 heteroatoms. The Morgan fingerprint density at radius 1 is 0.844 bits per heavy atom.